The molecule has 0 aliphatic heterocycles. The summed E-state index contributed by atoms with van der Waals surface area (Å²) in [4.78, 5) is 11.6. The van der Waals surface area contributed by atoms with Gasteiger partial charge in [-0.2, -0.15) is 4.98 Å². The van der Waals surface area contributed by atoms with Gasteiger partial charge in [-0.15, -0.1) is 0 Å². The second-order valence-corrected chi connectivity index (χ2v) is 6.16. The number of imidazole rings is 1. The minimum atomic E-state index is -0.268. The molecule has 2 aromatic heterocycles. The Hall–Kier alpha value is -1.69. The smallest absolute Gasteiger partial charge is 0.243 e. The van der Waals surface area contributed by atoms with Gasteiger partial charge in [-0.3, -0.25) is 0 Å². The molecule has 106 valence electrons. The maximum Gasteiger partial charge on any atom is 0.243 e. The molecule has 0 aromatic carbocycles. The largest absolute Gasteiger partial charge is 0.348 e. The molecule has 0 amide bonds. The van der Waals surface area contributed by atoms with Crippen molar-refractivity contribution in [2.24, 2.45) is 17.6 Å². The first-order chi connectivity index (χ1) is 9.79. The molecular formula is C14H19N5O. The third-order valence-corrected chi connectivity index (χ3v) is 4.84. The third-order valence-electron chi connectivity index (χ3n) is 4.84. The Kier molecular flexibility index (Phi) is 2.84. The van der Waals surface area contributed by atoms with E-state index < -0.39 is 0 Å². The van der Waals surface area contributed by atoms with Crippen molar-refractivity contribution in [2.45, 2.75) is 44.1 Å². The quantitative estimate of drug-likeness (QED) is 0.887. The second kappa shape index (κ2) is 4.70. The van der Waals surface area contributed by atoms with E-state index in [1.165, 1.54) is 25.7 Å². The molecule has 6 nitrogen and oxygen atoms in total. The van der Waals surface area contributed by atoms with Crippen LogP contribution < -0.4 is 5.73 Å². The minimum Gasteiger partial charge on any atom is -0.348 e. The van der Waals surface area contributed by atoms with Gasteiger partial charge < -0.3 is 15.2 Å². The average Bonchev–Trinajstić information content (AvgIpc) is 3.22. The predicted octanol–water partition coefficient (Wildman–Crippen LogP) is 1.94. The molecule has 20 heavy (non-hydrogen) atoms. The lowest BCUT2D eigenvalue weighted by Crippen LogP contribution is -2.15. The summed E-state index contributed by atoms with van der Waals surface area (Å²) in [5.74, 6) is 3.54. The first kappa shape index (κ1) is 12.1. The Morgan fingerprint density at radius 2 is 2.35 bits per heavy atom. The summed E-state index contributed by atoms with van der Waals surface area (Å²) in [7, 11) is 0. The highest BCUT2D eigenvalue weighted by Gasteiger charge is 2.42. The molecule has 4 rings (SSSR count). The standard InChI is InChI=1S/C14H19N5O/c15-12(5-10-6-16-7-17-10)14-18-13(19-20-14)11-4-8-1-2-9(11)3-8/h6-9,11-12H,1-5,15H2,(H,16,17)/t8?,9?,11?,12-/m0/s1. The molecule has 0 spiro atoms. The van der Waals surface area contributed by atoms with Gasteiger partial charge in [-0.1, -0.05) is 11.6 Å². The highest BCUT2D eigenvalue weighted by molar-refractivity contribution is 5.08. The van der Waals surface area contributed by atoms with Crippen molar-refractivity contribution in [3.8, 4) is 0 Å². The molecule has 2 saturated carbocycles. The summed E-state index contributed by atoms with van der Waals surface area (Å²) in [6.07, 6.45) is 9.32. The van der Waals surface area contributed by atoms with Crippen LogP contribution in [-0.2, 0) is 6.42 Å². The van der Waals surface area contributed by atoms with Gasteiger partial charge in [0.1, 0.15) is 0 Å². The van der Waals surface area contributed by atoms with Crippen LogP contribution in [0.2, 0.25) is 0 Å². The van der Waals surface area contributed by atoms with Crippen molar-refractivity contribution >= 4 is 0 Å². The van der Waals surface area contributed by atoms with Crippen LogP contribution in [0.25, 0.3) is 0 Å². The van der Waals surface area contributed by atoms with Crippen molar-refractivity contribution in [1.82, 2.24) is 20.1 Å². The monoisotopic (exact) mass is 273 g/mol. The van der Waals surface area contributed by atoms with Gasteiger partial charge in [0.2, 0.25) is 5.89 Å². The van der Waals surface area contributed by atoms with E-state index in [2.05, 4.69) is 20.1 Å². The molecule has 2 aliphatic carbocycles. The molecule has 2 bridgehead atoms. The van der Waals surface area contributed by atoms with Gasteiger partial charge in [0, 0.05) is 24.2 Å². The summed E-state index contributed by atoms with van der Waals surface area (Å²) in [5.41, 5.74) is 7.11. The van der Waals surface area contributed by atoms with Crippen LogP contribution in [0.5, 0.6) is 0 Å². The van der Waals surface area contributed by atoms with Gasteiger partial charge >= 0.3 is 0 Å². The van der Waals surface area contributed by atoms with E-state index in [1.807, 2.05) is 0 Å². The van der Waals surface area contributed by atoms with Gasteiger partial charge in [0.05, 0.1) is 12.4 Å². The van der Waals surface area contributed by atoms with Crippen molar-refractivity contribution in [2.75, 3.05) is 0 Å². The van der Waals surface area contributed by atoms with Crippen LogP contribution in [0.4, 0.5) is 0 Å². The molecule has 0 radical (unpaired) electrons. The molecule has 0 saturated heterocycles. The van der Waals surface area contributed by atoms with Crippen molar-refractivity contribution in [3.05, 3.63) is 29.9 Å². The first-order valence-corrected chi connectivity index (χ1v) is 7.36. The normalized spacial score (nSPS) is 29.9. The molecule has 3 unspecified atom stereocenters. The summed E-state index contributed by atoms with van der Waals surface area (Å²) in [6, 6.07) is -0.268. The number of aromatic amines is 1. The van der Waals surface area contributed by atoms with E-state index >= 15 is 0 Å². The Balaban J connectivity index is 1.47. The fourth-order valence-electron chi connectivity index (χ4n) is 3.83. The second-order valence-electron chi connectivity index (χ2n) is 6.16. The first-order valence-electron chi connectivity index (χ1n) is 7.36. The number of fused-ring (bicyclic) bond motifs is 2. The molecule has 2 fully saturated rings. The van der Waals surface area contributed by atoms with Crippen LogP contribution in [0.15, 0.2) is 17.0 Å². The Morgan fingerprint density at radius 1 is 1.40 bits per heavy atom. The highest BCUT2D eigenvalue weighted by Crippen LogP contribution is 2.52. The Labute approximate surface area is 117 Å². The summed E-state index contributed by atoms with van der Waals surface area (Å²) in [5, 5.41) is 4.18. The zero-order valence-corrected chi connectivity index (χ0v) is 11.3. The molecule has 4 atom stereocenters. The maximum atomic E-state index is 6.13. The number of nitrogens with two attached hydrogens (primary N) is 1. The number of aromatic nitrogens is 4. The van der Waals surface area contributed by atoms with E-state index in [1.54, 1.807) is 12.5 Å². The number of hydrogen-bond donors (Lipinski definition) is 2. The zero-order chi connectivity index (χ0) is 13.5. The van der Waals surface area contributed by atoms with E-state index in [4.69, 9.17) is 10.3 Å². The summed E-state index contributed by atoms with van der Waals surface area (Å²) in [6.45, 7) is 0. The summed E-state index contributed by atoms with van der Waals surface area (Å²) >= 11 is 0. The fraction of sp³-hybridized carbons (Fsp3) is 0.643. The van der Waals surface area contributed by atoms with Crippen LogP contribution >= 0.6 is 0 Å². The van der Waals surface area contributed by atoms with Crippen molar-refractivity contribution in [1.29, 1.82) is 0 Å². The summed E-state index contributed by atoms with van der Waals surface area (Å²) < 4.78 is 5.37. The van der Waals surface area contributed by atoms with Crippen molar-refractivity contribution in [3.63, 3.8) is 0 Å². The lowest BCUT2D eigenvalue weighted by atomic mass is 9.88. The topological polar surface area (TPSA) is 93.6 Å². The van der Waals surface area contributed by atoms with Crippen LogP contribution in [-0.4, -0.2) is 20.1 Å². The molecule has 2 aliphatic rings. The molecule has 2 heterocycles. The highest BCUT2D eigenvalue weighted by atomic mass is 16.5. The fourth-order valence-corrected chi connectivity index (χ4v) is 3.83. The lowest BCUT2D eigenvalue weighted by Gasteiger charge is -2.17. The van der Waals surface area contributed by atoms with E-state index in [0.717, 1.165) is 23.4 Å². The maximum absolute atomic E-state index is 6.13. The molecule has 3 N–H and O–H groups in total. The number of rotatable bonds is 4. The van der Waals surface area contributed by atoms with Crippen LogP contribution in [0.3, 0.4) is 0 Å². The van der Waals surface area contributed by atoms with Gasteiger partial charge in [-0.25, -0.2) is 4.98 Å². The number of hydrogen-bond acceptors (Lipinski definition) is 5. The number of nitrogens with one attached hydrogen (secondary N) is 1. The average molecular weight is 273 g/mol. The lowest BCUT2D eigenvalue weighted by molar-refractivity contribution is 0.336. The van der Waals surface area contributed by atoms with Gasteiger partial charge in [-0.05, 0) is 31.1 Å². The molecular weight excluding hydrogens is 254 g/mol. The zero-order valence-electron chi connectivity index (χ0n) is 11.3. The molecule has 6 heteroatoms. The van der Waals surface area contributed by atoms with Crippen LogP contribution in [0, 0.1) is 11.8 Å². The van der Waals surface area contributed by atoms with Gasteiger partial charge in [0.25, 0.3) is 0 Å². The Bertz CT molecular complexity index is 578. The Morgan fingerprint density at radius 3 is 3.05 bits per heavy atom. The van der Waals surface area contributed by atoms with Gasteiger partial charge in [0.15, 0.2) is 5.82 Å². The SMILES string of the molecule is N[C@@H](Cc1cnc[nH]1)c1nc(C2CC3CCC2C3)no1. The third kappa shape index (κ3) is 2.04. The van der Waals surface area contributed by atoms with E-state index in [9.17, 15) is 0 Å². The number of H-pyrrole nitrogens is 1. The van der Waals surface area contributed by atoms with Crippen LogP contribution in [0.1, 0.15) is 55.1 Å². The van der Waals surface area contributed by atoms with E-state index in [-0.39, 0.29) is 6.04 Å². The minimum absolute atomic E-state index is 0.268. The molecule has 2 aromatic rings. The van der Waals surface area contributed by atoms with E-state index in [0.29, 0.717) is 18.2 Å². The predicted molar refractivity (Wildman–Crippen MR) is 71.7 cm³/mol. The van der Waals surface area contributed by atoms with Crippen molar-refractivity contribution < 1.29 is 4.52 Å². The number of nitrogens with zero attached hydrogens (tertiary/aromatic N) is 3.